The molecule has 0 bridgehead atoms. The molecule has 7 unspecified atom stereocenters. The van der Waals surface area contributed by atoms with E-state index in [1.807, 2.05) is 0 Å². The van der Waals surface area contributed by atoms with E-state index >= 15 is 0 Å². The minimum absolute atomic E-state index is 0.0286. The molecule has 0 aromatic rings. The summed E-state index contributed by atoms with van der Waals surface area (Å²) in [6.07, 6.45) is -2.62. The van der Waals surface area contributed by atoms with Gasteiger partial charge in [0, 0.05) is 12.8 Å². The average Bonchev–Trinajstić information content (AvgIpc) is 3.09. The molecule has 7 nitrogen and oxygen atoms in total. The van der Waals surface area contributed by atoms with E-state index in [-0.39, 0.29) is 13.0 Å². The predicted molar refractivity (Wildman–Crippen MR) is 79.6 cm³/mol. The summed E-state index contributed by atoms with van der Waals surface area (Å²) < 4.78 is 11.5. The minimum atomic E-state index is -1.65. The molecule has 0 spiro atoms. The molecule has 2 saturated heterocycles. The number of aliphatic hydroxyl groups excluding tert-OH is 3. The fraction of sp³-hybridized carbons (Fsp3) is 0.875. The second-order valence-electron chi connectivity index (χ2n) is 7.69. The van der Waals surface area contributed by atoms with Gasteiger partial charge in [0.05, 0.1) is 18.3 Å². The number of epoxide rings is 1. The Morgan fingerprint density at radius 2 is 1.91 bits per heavy atom. The minimum Gasteiger partial charge on any atom is -0.392 e. The normalized spacial score (nSPS) is 49.7. The number of rotatable bonds is 4. The van der Waals surface area contributed by atoms with Crippen LogP contribution in [0.3, 0.4) is 0 Å². The van der Waals surface area contributed by atoms with E-state index < -0.39 is 47.3 Å². The molecule has 3 fully saturated rings. The monoisotopic (exact) mass is 330 g/mol. The molecule has 3 aliphatic rings. The van der Waals surface area contributed by atoms with Gasteiger partial charge in [0.15, 0.2) is 0 Å². The molecule has 1 aliphatic carbocycles. The number of fused-ring (bicyclic) bond motifs is 3. The van der Waals surface area contributed by atoms with Gasteiger partial charge in [-0.3, -0.25) is 0 Å². The first-order valence-corrected chi connectivity index (χ1v) is 7.97. The predicted octanol–water partition coefficient (Wildman–Crippen LogP) is -1.15. The molecule has 2 heterocycles. The Balaban J connectivity index is 1.85. The molecule has 0 radical (unpaired) electrons. The zero-order chi connectivity index (χ0) is 17.2. The highest BCUT2D eigenvalue weighted by Gasteiger charge is 2.78. The van der Waals surface area contributed by atoms with Gasteiger partial charge in [-0.15, -0.1) is 0 Å². The second-order valence-corrected chi connectivity index (χ2v) is 7.69. The first kappa shape index (κ1) is 17.3. The van der Waals surface area contributed by atoms with Crippen molar-refractivity contribution in [3.05, 3.63) is 11.6 Å². The van der Waals surface area contributed by atoms with Crippen molar-refractivity contribution in [1.82, 2.24) is 0 Å². The maximum Gasteiger partial charge on any atom is 0.129 e. The van der Waals surface area contributed by atoms with Crippen molar-refractivity contribution in [2.45, 2.75) is 80.9 Å². The van der Waals surface area contributed by atoms with Crippen LogP contribution < -0.4 is 0 Å². The molecule has 0 amide bonds. The molecule has 3 rings (SSSR count). The average molecular weight is 330 g/mol. The van der Waals surface area contributed by atoms with E-state index in [0.717, 1.165) is 5.57 Å². The number of hydrogen-bond donors (Lipinski definition) is 5. The van der Waals surface area contributed by atoms with E-state index in [9.17, 15) is 20.4 Å². The van der Waals surface area contributed by atoms with Gasteiger partial charge in [-0.05, 0) is 20.8 Å². The third kappa shape index (κ3) is 2.46. The molecule has 23 heavy (non-hydrogen) atoms. The van der Waals surface area contributed by atoms with Gasteiger partial charge in [0.25, 0.3) is 0 Å². The van der Waals surface area contributed by atoms with E-state index in [0.29, 0.717) is 6.42 Å². The summed E-state index contributed by atoms with van der Waals surface area (Å²) in [5.41, 5.74) is -3.10. The molecule has 7 heteroatoms. The third-order valence-electron chi connectivity index (χ3n) is 5.48. The summed E-state index contributed by atoms with van der Waals surface area (Å²) in [7, 11) is 0. The van der Waals surface area contributed by atoms with Gasteiger partial charge >= 0.3 is 0 Å². The van der Waals surface area contributed by atoms with Crippen LogP contribution in [0.4, 0.5) is 0 Å². The fourth-order valence-corrected chi connectivity index (χ4v) is 3.78. The lowest BCUT2D eigenvalue weighted by Gasteiger charge is -2.41. The number of ether oxygens (including phenoxy) is 2. The summed E-state index contributed by atoms with van der Waals surface area (Å²) in [4.78, 5) is 0. The highest BCUT2D eigenvalue weighted by atomic mass is 16.7. The highest BCUT2D eigenvalue weighted by molar-refractivity contribution is 5.28. The lowest BCUT2D eigenvalue weighted by molar-refractivity contribution is -0.181. The smallest absolute Gasteiger partial charge is 0.129 e. The van der Waals surface area contributed by atoms with Crippen molar-refractivity contribution >= 4 is 0 Å². The van der Waals surface area contributed by atoms with Crippen LogP contribution in [0.15, 0.2) is 11.6 Å². The lowest BCUT2D eigenvalue weighted by atomic mass is 9.70. The molecular weight excluding hydrogens is 304 g/mol. The maximum absolute atomic E-state index is 10.8. The first-order valence-electron chi connectivity index (χ1n) is 7.97. The second kappa shape index (κ2) is 5.23. The van der Waals surface area contributed by atoms with Gasteiger partial charge in [-0.1, -0.05) is 11.6 Å². The Kier molecular flexibility index (Phi) is 3.93. The Bertz CT molecular complexity index is 513. The van der Waals surface area contributed by atoms with Crippen LogP contribution >= 0.6 is 0 Å². The van der Waals surface area contributed by atoms with Crippen LogP contribution in [0.1, 0.15) is 33.6 Å². The van der Waals surface area contributed by atoms with Gasteiger partial charge in [-0.25, -0.2) is 0 Å². The van der Waals surface area contributed by atoms with Crippen molar-refractivity contribution < 1.29 is 35.0 Å². The number of hydrogen-bond acceptors (Lipinski definition) is 7. The zero-order valence-corrected chi connectivity index (χ0v) is 13.6. The lowest BCUT2D eigenvalue weighted by Crippen LogP contribution is -2.65. The van der Waals surface area contributed by atoms with Crippen LogP contribution in [0, 0.1) is 0 Å². The topological polar surface area (TPSA) is 123 Å². The van der Waals surface area contributed by atoms with Crippen LogP contribution in [-0.4, -0.2) is 79.5 Å². The van der Waals surface area contributed by atoms with Gasteiger partial charge in [-0.2, -0.15) is 0 Å². The molecule has 0 aromatic heterocycles. The third-order valence-corrected chi connectivity index (χ3v) is 5.48. The first-order chi connectivity index (χ1) is 10.6. The Morgan fingerprint density at radius 1 is 1.26 bits per heavy atom. The summed E-state index contributed by atoms with van der Waals surface area (Å²) in [6, 6.07) is 0. The summed E-state index contributed by atoms with van der Waals surface area (Å²) in [5.74, 6) is 0. The van der Waals surface area contributed by atoms with Gasteiger partial charge in [0.1, 0.15) is 35.6 Å². The SMILES string of the molecule is CC(=CCC12OC1C1OC(C(C)(C)O)CC1(O)C(O)C2O)CO. The quantitative estimate of drug-likeness (QED) is 0.326. The van der Waals surface area contributed by atoms with Crippen molar-refractivity contribution in [2.75, 3.05) is 6.61 Å². The van der Waals surface area contributed by atoms with Crippen LogP contribution in [-0.2, 0) is 9.47 Å². The Labute approximate surface area is 135 Å². The van der Waals surface area contributed by atoms with E-state index in [4.69, 9.17) is 14.6 Å². The van der Waals surface area contributed by atoms with E-state index in [1.54, 1.807) is 26.8 Å². The van der Waals surface area contributed by atoms with Crippen LogP contribution in [0.5, 0.6) is 0 Å². The van der Waals surface area contributed by atoms with E-state index in [2.05, 4.69) is 0 Å². The van der Waals surface area contributed by atoms with Gasteiger partial charge in [0.2, 0.25) is 0 Å². The Morgan fingerprint density at radius 3 is 2.48 bits per heavy atom. The summed E-state index contributed by atoms with van der Waals surface area (Å²) in [5, 5.41) is 51.0. The van der Waals surface area contributed by atoms with Crippen molar-refractivity contribution in [2.24, 2.45) is 0 Å². The molecule has 5 N–H and O–H groups in total. The molecule has 2 aliphatic heterocycles. The Hall–Kier alpha value is -0.540. The van der Waals surface area contributed by atoms with Crippen LogP contribution in [0.2, 0.25) is 0 Å². The number of aliphatic hydroxyl groups is 5. The van der Waals surface area contributed by atoms with Crippen LogP contribution in [0.25, 0.3) is 0 Å². The molecule has 7 atom stereocenters. The van der Waals surface area contributed by atoms with Crippen molar-refractivity contribution in [3.8, 4) is 0 Å². The largest absolute Gasteiger partial charge is 0.392 e. The standard InChI is InChI=1S/C16H26O7/c1-8(7-17)4-5-16-11(19)10(18)15(21)6-9(14(2,3)20)22-12(15)13(16)23-16/h4,9-13,17-21H,5-7H2,1-3H3. The fourth-order valence-electron chi connectivity index (χ4n) is 3.78. The maximum atomic E-state index is 10.8. The molecule has 1 saturated carbocycles. The molecule has 0 aromatic carbocycles. The summed E-state index contributed by atoms with van der Waals surface area (Å²) in [6.45, 7) is 4.82. The highest BCUT2D eigenvalue weighted by Crippen LogP contribution is 2.58. The zero-order valence-electron chi connectivity index (χ0n) is 13.6. The summed E-state index contributed by atoms with van der Waals surface area (Å²) >= 11 is 0. The van der Waals surface area contributed by atoms with E-state index in [1.165, 1.54) is 0 Å². The van der Waals surface area contributed by atoms with Crippen molar-refractivity contribution in [1.29, 1.82) is 0 Å². The van der Waals surface area contributed by atoms with Crippen molar-refractivity contribution in [3.63, 3.8) is 0 Å². The molecular formula is C16H26O7. The molecule has 132 valence electrons. The van der Waals surface area contributed by atoms with Gasteiger partial charge < -0.3 is 35.0 Å².